The molecule has 1 atom stereocenters. The van der Waals surface area contributed by atoms with Crippen molar-refractivity contribution in [1.82, 2.24) is 9.78 Å². The molecule has 0 spiro atoms. The number of hydrogen-bond donors (Lipinski definition) is 1. The first kappa shape index (κ1) is 11.7. The lowest BCUT2D eigenvalue weighted by atomic mass is 10.1. The van der Waals surface area contributed by atoms with Crippen molar-refractivity contribution in [3.05, 3.63) is 47.8 Å². The number of hydrogen-bond acceptors (Lipinski definition) is 2. The predicted molar refractivity (Wildman–Crippen MR) is 71.1 cm³/mol. The van der Waals surface area contributed by atoms with Crippen LogP contribution in [0.1, 0.15) is 31.1 Å². The van der Waals surface area contributed by atoms with Gasteiger partial charge in [-0.3, -0.25) is 4.68 Å². The van der Waals surface area contributed by atoms with Crippen molar-refractivity contribution in [2.45, 2.75) is 26.3 Å². The second-order valence-corrected chi connectivity index (χ2v) is 4.26. The summed E-state index contributed by atoms with van der Waals surface area (Å²) in [6, 6.07) is 10.8. The Morgan fingerprint density at radius 1 is 1.29 bits per heavy atom. The highest BCUT2D eigenvalue weighted by molar-refractivity contribution is 5.52. The van der Waals surface area contributed by atoms with Crippen LogP contribution in [-0.2, 0) is 13.5 Å². The smallest absolute Gasteiger partial charge is 0.0654 e. The molecule has 1 aromatic carbocycles. The molecule has 2 rings (SSSR count). The third-order valence-electron chi connectivity index (χ3n) is 3.07. The van der Waals surface area contributed by atoms with Crippen molar-refractivity contribution in [2.24, 2.45) is 7.05 Å². The van der Waals surface area contributed by atoms with Crippen LogP contribution >= 0.6 is 0 Å². The van der Waals surface area contributed by atoms with E-state index < -0.39 is 0 Å². The zero-order valence-electron chi connectivity index (χ0n) is 10.6. The van der Waals surface area contributed by atoms with Crippen LogP contribution in [0.15, 0.2) is 36.5 Å². The fourth-order valence-corrected chi connectivity index (χ4v) is 2.09. The number of anilines is 1. The lowest BCUT2D eigenvalue weighted by molar-refractivity contribution is 0.675. The first-order chi connectivity index (χ1) is 8.22. The molecular formula is C14H19N3. The van der Waals surface area contributed by atoms with Crippen molar-refractivity contribution >= 4 is 5.69 Å². The predicted octanol–water partition coefficient (Wildman–Crippen LogP) is 3.16. The molecule has 3 heteroatoms. The van der Waals surface area contributed by atoms with E-state index >= 15 is 0 Å². The van der Waals surface area contributed by atoms with E-state index in [1.807, 2.05) is 24.0 Å². The van der Waals surface area contributed by atoms with Gasteiger partial charge < -0.3 is 5.32 Å². The molecular weight excluding hydrogens is 210 g/mol. The molecule has 0 bridgehead atoms. The van der Waals surface area contributed by atoms with Gasteiger partial charge in [-0.2, -0.15) is 5.10 Å². The van der Waals surface area contributed by atoms with Gasteiger partial charge in [0.2, 0.25) is 0 Å². The molecule has 0 aliphatic heterocycles. The normalized spacial score (nSPS) is 12.4. The molecule has 0 amide bonds. The van der Waals surface area contributed by atoms with E-state index in [1.54, 1.807) is 0 Å². The van der Waals surface area contributed by atoms with Crippen LogP contribution in [0.5, 0.6) is 0 Å². The Balaban J connectivity index is 2.18. The number of para-hydroxylation sites is 1. The maximum Gasteiger partial charge on any atom is 0.0654 e. The summed E-state index contributed by atoms with van der Waals surface area (Å²) in [4.78, 5) is 0. The van der Waals surface area contributed by atoms with Gasteiger partial charge in [-0.15, -0.1) is 0 Å². The first-order valence-corrected chi connectivity index (χ1v) is 6.04. The average Bonchev–Trinajstić information content (AvgIpc) is 2.76. The first-order valence-electron chi connectivity index (χ1n) is 6.04. The maximum absolute atomic E-state index is 4.20. The molecule has 0 aliphatic rings. The Kier molecular flexibility index (Phi) is 3.47. The van der Waals surface area contributed by atoms with Crippen molar-refractivity contribution in [3.8, 4) is 0 Å². The Morgan fingerprint density at radius 3 is 2.71 bits per heavy atom. The Bertz CT molecular complexity index is 488. The summed E-state index contributed by atoms with van der Waals surface area (Å²) in [5, 5.41) is 7.74. The van der Waals surface area contributed by atoms with Gasteiger partial charge in [-0.1, -0.05) is 25.1 Å². The Morgan fingerprint density at radius 2 is 2.06 bits per heavy atom. The average molecular weight is 229 g/mol. The number of aromatic nitrogens is 2. The number of benzene rings is 1. The van der Waals surface area contributed by atoms with Crippen molar-refractivity contribution in [2.75, 3.05) is 5.32 Å². The van der Waals surface area contributed by atoms with Crippen molar-refractivity contribution in [3.63, 3.8) is 0 Å². The van der Waals surface area contributed by atoms with Gasteiger partial charge >= 0.3 is 0 Å². The second kappa shape index (κ2) is 5.04. The van der Waals surface area contributed by atoms with Crippen LogP contribution in [0.3, 0.4) is 0 Å². The van der Waals surface area contributed by atoms with Gasteiger partial charge in [0.1, 0.15) is 0 Å². The Labute approximate surface area is 102 Å². The lowest BCUT2D eigenvalue weighted by Gasteiger charge is -2.17. The fraction of sp³-hybridized carbons (Fsp3) is 0.357. The largest absolute Gasteiger partial charge is 0.377 e. The summed E-state index contributed by atoms with van der Waals surface area (Å²) in [6.45, 7) is 4.33. The van der Waals surface area contributed by atoms with Crippen molar-refractivity contribution in [1.29, 1.82) is 0 Å². The van der Waals surface area contributed by atoms with E-state index in [-0.39, 0.29) is 6.04 Å². The minimum absolute atomic E-state index is 0.259. The molecule has 0 saturated heterocycles. The summed E-state index contributed by atoms with van der Waals surface area (Å²) in [7, 11) is 1.97. The Hall–Kier alpha value is -1.77. The highest BCUT2D eigenvalue weighted by Crippen LogP contribution is 2.22. The molecule has 1 heterocycles. The van der Waals surface area contributed by atoms with E-state index in [0.717, 1.165) is 6.42 Å². The van der Waals surface area contributed by atoms with Crippen LogP contribution in [-0.4, -0.2) is 9.78 Å². The minimum Gasteiger partial charge on any atom is -0.377 e. The minimum atomic E-state index is 0.259. The van der Waals surface area contributed by atoms with Gasteiger partial charge in [0.25, 0.3) is 0 Å². The summed E-state index contributed by atoms with van der Waals surface area (Å²) in [6.07, 6.45) is 2.88. The van der Waals surface area contributed by atoms with Crippen LogP contribution in [0.4, 0.5) is 5.69 Å². The van der Waals surface area contributed by atoms with E-state index in [0.29, 0.717) is 0 Å². The van der Waals surface area contributed by atoms with Gasteiger partial charge in [-0.25, -0.2) is 0 Å². The van der Waals surface area contributed by atoms with E-state index in [4.69, 9.17) is 0 Å². The van der Waals surface area contributed by atoms with Crippen LogP contribution < -0.4 is 5.32 Å². The molecule has 1 N–H and O–H groups in total. The molecule has 17 heavy (non-hydrogen) atoms. The van der Waals surface area contributed by atoms with Gasteiger partial charge in [-0.05, 0) is 31.0 Å². The fourth-order valence-electron chi connectivity index (χ4n) is 2.09. The number of rotatable bonds is 4. The second-order valence-electron chi connectivity index (χ2n) is 4.26. The molecule has 90 valence electrons. The maximum atomic E-state index is 4.20. The van der Waals surface area contributed by atoms with E-state index in [9.17, 15) is 0 Å². The molecule has 0 aliphatic carbocycles. The quantitative estimate of drug-likeness (QED) is 0.872. The molecule has 2 aromatic rings. The zero-order chi connectivity index (χ0) is 12.3. The summed E-state index contributed by atoms with van der Waals surface area (Å²) >= 11 is 0. The summed E-state index contributed by atoms with van der Waals surface area (Å²) in [5.41, 5.74) is 3.75. The van der Waals surface area contributed by atoms with E-state index in [1.165, 1.54) is 16.9 Å². The molecule has 3 nitrogen and oxygen atoms in total. The SMILES string of the molecule is CCc1ccccc1NC(C)c1ccnn1C. The summed E-state index contributed by atoms with van der Waals surface area (Å²) in [5.74, 6) is 0. The lowest BCUT2D eigenvalue weighted by Crippen LogP contribution is -2.12. The summed E-state index contributed by atoms with van der Waals surface area (Å²) < 4.78 is 1.91. The zero-order valence-corrected chi connectivity index (χ0v) is 10.6. The molecule has 1 unspecified atom stereocenters. The third-order valence-corrected chi connectivity index (χ3v) is 3.07. The number of nitrogens with zero attached hydrogens (tertiary/aromatic N) is 2. The van der Waals surface area contributed by atoms with Crippen molar-refractivity contribution < 1.29 is 0 Å². The van der Waals surface area contributed by atoms with Crippen LogP contribution in [0, 0.1) is 0 Å². The third kappa shape index (κ3) is 2.49. The molecule has 0 saturated carbocycles. The molecule has 0 fully saturated rings. The van der Waals surface area contributed by atoms with Crippen LogP contribution in [0.2, 0.25) is 0 Å². The number of aryl methyl sites for hydroxylation is 2. The van der Waals surface area contributed by atoms with Gasteiger partial charge in [0, 0.05) is 18.9 Å². The topological polar surface area (TPSA) is 29.9 Å². The molecule has 0 radical (unpaired) electrons. The van der Waals surface area contributed by atoms with Gasteiger partial charge in [0.05, 0.1) is 11.7 Å². The van der Waals surface area contributed by atoms with Gasteiger partial charge in [0.15, 0.2) is 0 Å². The monoisotopic (exact) mass is 229 g/mol. The highest BCUT2D eigenvalue weighted by atomic mass is 15.3. The highest BCUT2D eigenvalue weighted by Gasteiger charge is 2.10. The molecule has 1 aromatic heterocycles. The van der Waals surface area contributed by atoms with E-state index in [2.05, 4.69) is 48.5 Å². The standard InChI is InChI=1S/C14H19N3/c1-4-12-7-5-6-8-13(12)16-11(2)14-9-10-15-17(14)3/h5-11,16H,4H2,1-3H3. The number of nitrogens with one attached hydrogen (secondary N) is 1. The van der Waals surface area contributed by atoms with Crippen LogP contribution in [0.25, 0.3) is 0 Å².